The average Bonchev–Trinajstić information content (AvgIpc) is 3.76. The van der Waals surface area contributed by atoms with Crippen LogP contribution in [0, 0.1) is 17.8 Å². The highest BCUT2D eigenvalue weighted by molar-refractivity contribution is 7.09. The molecule has 1 saturated carbocycles. The zero-order valence-electron chi connectivity index (χ0n) is 30.2. The van der Waals surface area contributed by atoms with Gasteiger partial charge in [-0.1, -0.05) is 33.6 Å². The van der Waals surface area contributed by atoms with Crippen molar-refractivity contribution in [2.75, 3.05) is 33.9 Å². The first-order valence-corrected chi connectivity index (χ1v) is 18.4. The topological polar surface area (TPSA) is 193 Å². The van der Waals surface area contributed by atoms with E-state index in [2.05, 4.69) is 25.6 Å². The van der Waals surface area contributed by atoms with E-state index in [1.165, 1.54) is 6.92 Å². The van der Waals surface area contributed by atoms with Crippen molar-refractivity contribution in [1.29, 1.82) is 0 Å². The normalized spacial score (nSPS) is 19.3. The van der Waals surface area contributed by atoms with Crippen molar-refractivity contribution in [3.05, 3.63) is 40.4 Å². The van der Waals surface area contributed by atoms with Crippen LogP contribution in [0.2, 0.25) is 0 Å². The minimum Gasteiger partial charge on any atom is -0.481 e. The van der Waals surface area contributed by atoms with Gasteiger partial charge in [-0.15, -0.1) is 11.3 Å². The predicted molar refractivity (Wildman–Crippen MR) is 188 cm³/mol. The Balaban J connectivity index is 1.49. The Morgan fingerprint density at radius 1 is 1.12 bits per heavy atom. The number of nitrogens with one attached hydrogen (secondary N) is 2. The predicted octanol–water partition coefficient (Wildman–Crippen LogP) is 2.48. The third kappa shape index (κ3) is 11.8. The number of amides is 3. The van der Waals surface area contributed by atoms with E-state index in [1.54, 1.807) is 42.7 Å². The third-order valence-electron chi connectivity index (χ3n) is 9.43. The van der Waals surface area contributed by atoms with Crippen LogP contribution in [0.1, 0.15) is 87.2 Å². The molecule has 1 saturated heterocycles. The van der Waals surface area contributed by atoms with Crippen LogP contribution >= 0.6 is 11.3 Å². The molecule has 0 unspecified atom stereocenters. The summed E-state index contributed by atoms with van der Waals surface area (Å²) < 4.78 is 11.3. The lowest BCUT2D eigenvalue weighted by atomic mass is 9.95. The summed E-state index contributed by atoms with van der Waals surface area (Å²) in [6, 6.07) is -0.517. The molecular weight excluding hydrogens is 678 g/mol. The average molecular weight is 730 g/mol. The smallest absolute Gasteiger partial charge is 0.306 e. The lowest BCUT2D eigenvalue weighted by molar-refractivity contribution is -0.149. The van der Waals surface area contributed by atoms with Gasteiger partial charge in [0.25, 0.3) is 5.91 Å². The van der Waals surface area contributed by atoms with Crippen LogP contribution in [0.4, 0.5) is 0 Å². The van der Waals surface area contributed by atoms with Gasteiger partial charge in [-0.25, -0.2) is 15.0 Å². The minimum absolute atomic E-state index is 0.0629. The number of likely N-dealkylation sites (N-methyl/N-ethyl adjacent to an activating group) is 2. The molecule has 51 heavy (non-hydrogen) atoms. The van der Waals surface area contributed by atoms with Crippen molar-refractivity contribution in [2.24, 2.45) is 17.8 Å². The summed E-state index contributed by atoms with van der Waals surface area (Å²) in [7, 11) is 3.57. The molecule has 0 spiro atoms. The third-order valence-corrected chi connectivity index (χ3v) is 10.4. The second-order valence-electron chi connectivity index (χ2n) is 14.0. The molecule has 3 heterocycles. The maximum absolute atomic E-state index is 14.1. The number of aliphatic carboxylic acids is 1. The Hall–Kier alpha value is -4.02. The Bertz CT molecular complexity index is 1500. The van der Waals surface area contributed by atoms with Crippen LogP contribution in [-0.4, -0.2) is 118 Å². The van der Waals surface area contributed by atoms with Crippen molar-refractivity contribution >= 4 is 41.0 Å². The molecule has 2 fully saturated rings. The summed E-state index contributed by atoms with van der Waals surface area (Å²) in [5, 5.41) is 17.3. The molecule has 2 aromatic heterocycles. The molecule has 6 atom stereocenters. The number of carboxylic acid groups (broad SMARTS) is 1. The molecule has 16 heteroatoms. The number of hydrogen-bond donors (Lipinski definition) is 3. The quantitative estimate of drug-likeness (QED) is 0.190. The van der Waals surface area contributed by atoms with Crippen molar-refractivity contribution in [3.63, 3.8) is 0 Å². The first kappa shape index (κ1) is 39.8. The number of carbonyl (C=O) groups excluding carboxylic acids is 4. The van der Waals surface area contributed by atoms with Crippen molar-refractivity contribution in [2.45, 2.75) is 96.5 Å². The van der Waals surface area contributed by atoms with Crippen molar-refractivity contribution < 1.29 is 38.6 Å². The van der Waals surface area contributed by atoms with Gasteiger partial charge in [0, 0.05) is 63.2 Å². The van der Waals surface area contributed by atoms with Gasteiger partial charge in [0.1, 0.15) is 28.6 Å². The van der Waals surface area contributed by atoms with E-state index < -0.39 is 54.0 Å². The highest BCUT2D eigenvalue weighted by Gasteiger charge is 2.38. The molecule has 2 aromatic rings. The molecule has 0 radical (unpaired) electrons. The van der Waals surface area contributed by atoms with E-state index in [1.807, 2.05) is 25.8 Å². The molecule has 0 bridgehead atoms. The van der Waals surface area contributed by atoms with Crippen molar-refractivity contribution in [1.82, 2.24) is 35.4 Å². The number of esters is 1. The Morgan fingerprint density at radius 3 is 2.43 bits per heavy atom. The van der Waals surface area contributed by atoms with Crippen LogP contribution in [0.25, 0.3) is 0 Å². The second kappa shape index (κ2) is 18.5. The lowest BCUT2D eigenvalue weighted by Crippen LogP contribution is -2.58. The zero-order valence-corrected chi connectivity index (χ0v) is 31.1. The van der Waals surface area contributed by atoms with Crippen LogP contribution in [0.5, 0.6) is 0 Å². The lowest BCUT2D eigenvalue weighted by Gasteiger charge is -2.37. The minimum atomic E-state index is -0.987. The zero-order chi connectivity index (χ0) is 37.2. The van der Waals surface area contributed by atoms with E-state index in [-0.39, 0.29) is 49.3 Å². The molecule has 1 aliphatic carbocycles. The van der Waals surface area contributed by atoms with Gasteiger partial charge in [-0.3, -0.25) is 28.9 Å². The van der Waals surface area contributed by atoms with Gasteiger partial charge in [-0.2, -0.15) is 0 Å². The van der Waals surface area contributed by atoms with E-state index in [0.29, 0.717) is 36.3 Å². The molecular formula is C35H51N7O8S. The van der Waals surface area contributed by atoms with Gasteiger partial charge in [0.05, 0.1) is 19.1 Å². The molecule has 0 aromatic carbocycles. The summed E-state index contributed by atoms with van der Waals surface area (Å²) >= 11 is 1.15. The summed E-state index contributed by atoms with van der Waals surface area (Å²) in [4.78, 5) is 81.2. The van der Waals surface area contributed by atoms with Gasteiger partial charge in [0.15, 0.2) is 6.10 Å². The SMILES string of the molecule is CC(=O)O[C@H](C[C@H](C(C)C)N(C)C(=O)[C@H](CC1CC1)NC(=O)[C@H]1COCCN1C)c1nc(C(=O)N[C@@H](Cc2ncccn2)C[C@H](C)C(=O)O)cs1. The van der Waals surface area contributed by atoms with E-state index >= 15 is 0 Å². The first-order chi connectivity index (χ1) is 24.2. The molecule has 15 nitrogen and oxygen atoms in total. The Labute approximate surface area is 302 Å². The molecule has 3 amide bonds. The Kier molecular flexibility index (Phi) is 14.4. The highest BCUT2D eigenvalue weighted by atomic mass is 32.1. The number of carboxylic acids is 1. The number of nitrogens with zero attached hydrogens (tertiary/aromatic N) is 5. The fourth-order valence-electron chi connectivity index (χ4n) is 6.22. The van der Waals surface area contributed by atoms with Gasteiger partial charge in [-0.05, 0) is 37.8 Å². The fraction of sp³-hybridized carbons (Fsp3) is 0.657. The number of carbonyl (C=O) groups is 5. The first-order valence-electron chi connectivity index (χ1n) is 17.5. The van der Waals surface area contributed by atoms with Gasteiger partial charge >= 0.3 is 11.9 Å². The number of thiazole rings is 1. The standard InChI is InChI=1S/C35H51N7O8S/c1-20(2)27(42(6)34(46)25(15-23-8-9-23)39-32(45)28-18-49-13-12-41(28)5)17-29(50-22(4)43)33-40-26(19-51-33)31(44)38-24(14-21(3)35(47)48)16-30-36-10-7-11-37-30/h7,10-11,19-21,23-25,27-29H,8-9,12-18H2,1-6H3,(H,38,44)(H,39,45)(H,47,48)/t21-,24+,25-,27+,28+,29+/m0/s1. The van der Waals surface area contributed by atoms with E-state index in [0.717, 1.165) is 24.2 Å². The highest BCUT2D eigenvalue weighted by Crippen LogP contribution is 2.35. The number of aromatic nitrogens is 3. The summed E-state index contributed by atoms with van der Waals surface area (Å²) in [5.74, 6) is -2.48. The molecule has 2 aliphatic rings. The number of rotatable bonds is 18. The maximum Gasteiger partial charge on any atom is 0.306 e. The van der Waals surface area contributed by atoms with Crippen LogP contribution in [0.15, 0.2) is 23.8 Å². The molecule has 280 valence electrons. The number of ether oxygens (including phenoxy) is 2. The monoisotopic (exact) mass is 729 g/mol. The molecule has 1 aliphatic heterocycles. The second-order valence-corrected chi connectivity index (χ2v) is 14.9. The molecule has 3 N–H and O–H groups in total. The number of morpholine rings is 1. The fourth-order valence-corrected chi connectivity index (χ4v) is 7.06. The van der Waals surface area contributed by atoms with Gasteiger partial charge < -0.3 is 30.1 Å². The van der Waals surface area contributed by atoms with Crippen LogP contribution in [-0.2, 0) is 35.1 Å². The maximum atomic E-state index is 14.1. The largest absolute Gasteiger partial charge is 0.481 e. The van der Waals surface area contributed by atoms with E-state index in [4.69, 9.17) is 9.47 Å². The van der Waals surface area contributed by atoms with Crippen molar-refractivity contribution in [3.8, 4) is 0 Å². The Morgan fingerprint density at radius 2 is 1.82 bits per heavy atom. The summed E-state index contributed by atoms with van der Waals surface area (Å²) in [5.41, 5.74) is 0.0866. The van der Waals surface area contributed by atoms with Crippen LogP contribution < -0.4 is 10.6 Å². The van der Waals surface area contributed by atoms with Gasteiger partial charge in [0.2, 0.25) is 11.8 Å². The van der Waals surface area contributed by atoms with Crippen LogP contribution in [0.3, 0.4) is 0 Å². The molecule has 4 rings (SSSR count). The summed E-state index contributed by atoms with van der Waals surface area (Å²) in [6.45, 7) is 8.24. The summed E-state index contributed by atoms with van der Waals surface area (Å²) in [6.07, 6.45) is 5.44. The number of hydrogen-bond acceptors (Lipinski definition) is 12. The van der Waals surface area contributed by atoms with E-state index in [9.17, 15) is 29.1 Å².